The van der Waals surface area contributed by atoms with E-state index in [2.05, 4.69) is 24.5 Å². The van der Waals surface area contributed by atoms with E-state index in [0.717, 1.165) is 6.42 Å². The molecule has 208 valence electrons. The Bertz CT molecular complexity index is 912. The lowest BCUT2D eigenvalue weighted by atomic mass is 9.97. The first-order chi connectivity index (χ1) is 17.3. The molecule has 0 fully saturated rings. The van der Waals surface area contributed by atoms with Crippen LogP contribution >= 0.6 is 0 Å². The Morgan fingerprint density at radius 2 is 1.68 bits per heavy atom. The number of rotatable bonds is 13. The number of nitrogens with one attached hydrogen (secondary N) is 2. The highest BCUT2D eigenvalue weighted by Crippen LogP contribution is 2.32. The molecule has 1 aromatic rings. The van der Waals surface area contributed by atoms with Crippen LogP contribution in [0.25, 0.3) is 0 Å². The van der Waals surface area contributed by atoms with Crippen LogP contribution in [0.5, 0.6) is 5.75 Å². The van der Waals surface area contributed by atoms with Crippen molar-refractivity contribution in [3.8, 4) is 5.75 Å². The zero-order chi connectivity index (χ0) is 28.2. The molecule has 2 atom stereocenters. The number of ether oxygens (including phenoxy) is 2. The van der Waals surface area contributed by atoms with E-state index in [1.165, 1.54) is 11.0 Å². The van der Waals surface area contributed by atoms with Crippen molar-refractivity contribution in [3.05, 3.63) is 29.8 Å². The van der Waals surface area contributed by atoms with Gasteiger partial charge in [-0.1, -0.05) is 32.0 Å². The van der Waals surface area contributed by atoms with Gasteiger partial charge < -0.3 is 30.1 Å². The van der Waals surface area contributed by atoms with Crippen molar-refractivity contribution in [1.29, 1.82) is 0 Å². The van der Waals surface area contributed by atoms with Crippen molar-refractivity contribution in [2.45, 2.75) is 85.4 Å². The minimum Gasteiger partial charge on any atom is -0.508 e. The summed E-state index contributed by atoms with van der Waals surface area (Å²) in [4.78, 5) is 52.3. The maximum atomic E-state index is 13.5. The molecule has 0 aliphatic rings. The van der Waals surface area contributed by atoms with Gasteiger partial charge in [0.15, 0.2) is 0 Å². The summed E-state index contributed by atoms with van der Waals surface area (Å²) < 4.78 is 10.1. The van der Waals surface area contributed by atoms with E-state index in [-0.39, 0.29) is 30.9 Å². The van der Waals surface area contributed by atoms with Crippen molar-refractivity contribution < 1.29 is 33.8 Å². The van der Waals surface area contributed by atoms with Crippen LogP contribution < -0.4 is 10.6 Å². The van der Waals surface area contributed by atoms with E-state index >= 15 is 0 Å². The number of alkyl carbamates (subject to hydrolysis) is 1. The quantitative estimate of drug-likeness (QED) is 0.337. The Balaban J connectivity index is 3.29. The van der Waals surface area contributed by atoms with E-state index in [0.29, 0.717) is 12.3 Å². The molecule has 0 bridgehead atoms. The van der Waals surface area contributed by atoms with Crippen LogP contribution in [0.3, 0.4) is 0 Å². The molecule has 0 saturated carbocycles. The number of hydrogen-bond acceptors (Lipinski definition) is 7. The van der Waals surface area contributed by atoms with Crippen LogP contribution in [0.4, 0.5) is 4.79 Å². The summed E-state index contributed by atoms with van der Waals surface area (Å²) >= 11 is 0. The van der Waals surface area contributed by atoms with Gasteiger partial charge in [-0.05, 0) is 59.4 Å². The lowest BCUT2D eigenvalue weighted by Crippen LogP contribution is -2.51. The zero-order valence-electron chi connectivity index (χ0n) is 23.1. The number of phenolic OH excluding ortho intramolecular Hbond substituents is 1. The Morgan fingerprint density at radius 1 is 1.03 bits per heavy atom. The SMILES string of the molecule is CCOC(=O)CCNC(=O)C(c1ccccc1O)N(C(=O)CNC(=O)OC(C)(C)C)C(C)CCC(C)C. The van der Waals surface area contributed by atoms with E-state index in [1.54, 1.807) is 45.9 Å². The van der Waals surface area contributed by atoms with Gasteiger partial charge in [0.25, 0.3) is 0 Å². The number of nitrogens with zero attached hydrogens (tertiary/aromatic N) is 1. The number of esters is 1. The van der Waals surface area contributed by atoms with Crippen LogP contribution in [0.15, 0.2) is 24.3 Å². The molecule has 37 heavy (non-hydrogen) atoms. The van der Waals surface area contributed by atoms with E-state index in [4.69, 9.17) is 9.47 Å². The van der Waals surface area contributed by atoms with Crippen LogP contribution in [-0.4, -0.2) is 65.2 Å². The molecular weight excluding hydrogens is 478 g/mol. The number of para-hydroxylation sites is 1. The Labute approximate surface area is 220 Å². The first kappa shape index (κ1) is 31.7. The molecular formula is C27H43N3O7. The maximum absolute atomic E-state index is 13.5. The highest BCUT2D eigenvalue weighted by atomic mass is 16.6. The standard InChI is InChI=1S/C27H43N3O7/c1-8-36-23(33)15-16-28-25(34)24(20-11-9-10-12-21(20)31)30(19(4)14-13-18(2)3)22(32)17-29-26(35)37-27(5,6)7/h9-12,18-19,24,31H,8,13-17H2,1-7H3,(H,28,34)(H,29,35). The number of hydrogen-bond donors (Lipinski definition) is 3. The predicted molar refractivity (Wildman–Crippen MR) is 140 cm³/mol. The van der Waals surface area contributed by atoms with Crippen LogP contribution in [0.1, 0.15) is 79.3 Å². The third kappa shape index (κ3) is 11.5. The maximum Gasteiger partial charge on any atom is 0.408 e. The van der Waals surface area contributed by atoms with E-state index in [9.17, 15) is 24.3 Å². The van der Waals surface area contributed by atoms with Crippen molar-refractivity contribution in [2.75, 3.05) is 19.7 Å². The topological polar surface area (TPSA) is 134 Å². The van der Waals surface area contributed by atoms with Crippen molar-refractivity contribution in [3.63, 3.8) is 0 Å². The average molecular weight is 522 g/mol. The minimum absolute atomic E-state index is 0.000324. The largest absolute Gasteiger partial charge is 0.508 e. The summed E-state index contributed by atoms with van der Waals surface area (Å²) in [5.41, 5.74) is -0.507. The number of aromatic hydroxyl groups is 1. The van der Waals surface area contributed by atoms with Crippen molar-refractivity contribution in [2.24, 2.45) is 5.92 Å². The molecule has 0 aromatic heterocycles. The predicted octanol–water partition coefficient (Wildman–Crippen LogP) is 3.68. The Kier molecular flexibility index (Phi) is 12.9. The second kappa shape index (κ2) is 15.1. The molecule has 0 aliphatic carbocycles. The van der Waals surface area contributed by atoms with Gasteiger partial charge in [-0.25, -0.2) is 4.79 Å². The number of amides is 3. The summed E-state index contributed by atoms with van der Waals surface area (Å²) in [6.45, 7) is 12.6. The highest BCUT2D eigenvalue weighted by molar-refractivity contribution is 5.91. The fraction of sp³-hybridized carbons (Fsp3) is 0.630. The lowest BCUT2D eigenvalue weighted by Gasteiger charge is -2.37. The molecule has 0 heterocycles. The Hall–Kier alpha value is -3.30. The monoisotopic (exact) mass is 521 g/mol. The molecule has 0 aliphatic heterocycles. The molecule has 0 spiro atoms. The summed E-state index contributed by atoms with van der Waals surface area (Å²) in [6, 6.07) is 4.69. The highest BCUT2D eigenvalue weighted by Gasteiger charge is 2.36. The van der Waals surface area contributed by atoms with Crippen LogP contribution in [0.2, 0.25) is 0 Å². The van der Waals surface area contributed by atoms with Crippen molar-refractivity contribution >= 4 is 23.9 Å². The number of benzene rings is 1. The van der Waals surface area contributed by atoms with Gasteiger partial charge in [0.2, 0.25) is 11.8 Å². The van der Waals surface area contributed by atoms with Gasteiger partial charge in [0.05, 0.1) is 13.0 Å². The van der Waals surface area contributed by atoms with Crippen LogP contribution in [-0.2, 0) is 23.9 Å². The summed E-state index contributed by atoms with van der Waals surface area (Å²) in [6.07, 6.45) is 0.594. The minimum atomic E-state index is -1.20. The second-order valence-electron chi connectivity index (χ2n) is 10.3. The number of carbonyl (C=O) groups excluding carboxylic acids is 4. The zero-order valence-corrected chi connectivity index (χ0v) is 23.1. The molecule has 1 rings (SSSR count). The molecule has 0 radical (unpaired) electrons. The molecule has 10 heteroatoms. The first-order valence-electron chi connectivity index (χ1n) is 12.8. The van der Waals surface area contributed by atoms with Gasteiger partial charge in [0, 0.05) is 18.2 Å². The van der Waals surface area contributed by atoms with Gasteiger partial charge in [-0.2, -0.15) is 0 Å². The number of carbonyl (C=O) groups is 4. The lowest BCUT2D eigenvalue weighted by molar-refractivity contribution is -0.144. The average Bonchev–Trinajstić information content (AvgIpc) is 2.79. The van der Waals surface area contributed by atoms with E-state index < -0.39 is 48.1 Å². The first-order valence-corrected chi connectivity index (χ1v) is 12.8. The third-order valence-electron chi connectivity index (χ3n) is 5.40. The fourth-order valence-electron chi connectivity index (χ4n) is 3.66. The summed E-state index contributed by atoms with van der Waals surface area (Å²) in [5.74, 6) is -1.33. The van der Waals surface area contributed by atoms with Gasteiger partial charge in [-0.15, -0.1) is 0 Å². The smallest absolute Gasteiger partial charge is 0.408 e. The van der Waals surface area contributed by atoms with Gasteiger partial charge in [0.1, 0.15) is 23.9 Å². The van der Waals surface area contributed by atoms with E-state index in [1.807, 2.05) is 6.92 Å². The van der Waals surface area contributed by atoms with Crippen LogP contribution in [0, 0.1) is 5.92 Å². The molecule has 3 amide bonds. The third-order valence-corrected chi connectivity index (χ3v) is 5.40. The summed E-state index contributed by atoms with van der Waals surface area (Å²) in [7, 11) is 0. The molecule has 10 nitrogen and oxygen atoms in total. The number of phenols is 1. The van der Waals surface area contributed by atoms with Gasteiger partial charge >= 0.3 is 12.1 Å². The fourth-order valence-corrected chi connectivity index (χ4v) is 3.66. The molecule has 3 N–H and O–H groups in total. The van der Waals surface area contributed by atoms with Gasteiger partial charge in [-0.3, -0.25) is 14.4 Å². The normalized spacial score (nSPS) is 12.9. The Morgan fingerprint density at radius 3 is 2.24 bits per heavy atom. The molecule has 0 saturated heterocycles. The second-order valence-corrected chi connectivity index (χ2v) is 10.3. The molecule has 2 unspecified atom stereocenters. The summed E-state index contributed by atoms with van der Waals surface area (Å²) in [5, 5.41) is 15.8. The molecule has 1 aromatic carbocycles. The van der Waals surface area contributed by atoms with Crippen molar-refractivity contribution in [1.82, 2.24) is 15.5 Å².